The Morgan fingerprint density at radius 1 is 1.12 bits per heavy atom. The summed E-state index contributed by atoms with van der Waals surface area (Å²) in [5.74, 6) is 1.21. The molecule has 3 N–H and O–H groups in total. The van der Waals surface area contributed by atoms with E-state index in [1.807, 2.05) is 30.5 Å². The highest BCUT2D eigenvalue weighted by atomic mass is 16.7. The van der Waals surface area contributed by atoms with Crippen LogP contribution in [0, 0.1) is 0 Å². The molecule has 3 heterocycles. The van der Waals surface area contributed by atoms with Gasteiger partial charge in [-0.2, -0.15) is 0 Å². The SMILES string of the molecule is O=C1NCCc2c[nH]c3ccc(O)c(c23)/C1=C/c1ccc2c(c1)OCO2. The number of carbonyl (C=O) groups is 1. The number of hydrogen-bond donors (Lipinski definition) is 3. The van der Waals surface area contributed by atoms with Crippen LogP contribution in [0.3, 0.4) is 0 Å². The van der Waals surface area contributed by atoms with E-state index in [9.17, 15) is 9.90 Å². The summed E-state index contributed by atoms with van der Waals surface area (Å²) in [5.41, 5.74) is 3.75. The first-order chi connectivity index (χ1) is 12.7. The van der Waals surface area contributed by atoms with Crippen LogP contribution < -0.4 is 14.8 Å². The summed E-state index contributed by atoms with van der Waals surface area (Å²) in [6.45, 7) is 0.738. The number of aromatic nitrogens is 1. The lowest BCUT2D eigenvalue weighted by atomic mass is 9.93. The number of carbonyl (C=O) groups excluding carboxylic acids is 1. The molecular weight excluding hydrogens is 332 g/mol. The van der Waals surface area contributed by atoms with Crippen molar-refractivity contribution in [1.29, 1.82) is 0 Å². The lowest BCUT2D eigenvalue weighted by Gasteiger charge is -2.16. The first-order valence-electron chi connectivity index (χ1n) is 8.42. The molecule has 2 aliphatic heterocycles. The first-order valence-corrected chi connectivity index (χ1v) is 8.42. The number of rotatable bonds is 1. The highest BCUT2D eigenvalue weighted by Gasteiger charge is 2.24. The summed E-state index contributed by atoms with van der Waals surface area (Å²) in [4.78, 5) is 16.0. The normalized spacial score (nSPS) is 17.2. The molecule has 0 fully saturated rings. The maximum absolute atomic E-state index is 12.8. The Balaban J connectivity index is 1.75. The maximum Gasteiger partial charge on any atom is 0.252 e. The number of aromatic hydroxyl groups is 1. The fourth-order valence-electron chi connectivity index (χ4n) is 3.58. The molecule has 0 radical (unpaired) electrons. The third kappa shape index (κ3) is 2.23. The third-order valence-electron chi connectivity index (χ3n) is 4.81. The van der Waals surface area contributed by atoms with Crippen LogP contribution in [0.4, 0.5) is 0 Å². The van der Waals surface area contributed by atoms with Crippen LogP contribution in [0.25, 0.3) is 22.6 Å². The van der Waals surface area contributed by atoms with Crippen molar-refractivity contribution >= 4 is 28.5 Å². The molecule has 0 saturated carbocycles. The smallest absolute Gasteiger partial charge is 0.252 e. The Bertz CT molecular complexity index is 1080. The molecule has 0 spiro atoms. The van der Waals surface area contributed by atoms with E-state index in [0.29, 0.717) is 35.6 Å². The van der Waals surface area contributed by atoms with E-state index in [4.69, 9.17) is 9.47 Å². The number of nitrogens with one attached hydrogen (secondary N) is 2. The lowest BCUT2D eigenvalue weighted by molar-refractivity contribution is -0.115. The Kier molecular flexibility index (Phi) is 3.18. The van der Waals surface area contributed by atoms with Crippen LogP contribution in [0.1, 0.15) is 16.7 Å². The van der Waals surface area contributed by atoms with Crippen molar-refractivity contribution in [1.82, 2.24) is 10.3 Å². The van der Waals surface area contributed by atoms with E-state index in [2.05, 4.69) is 10.3 Å². The summed E-state index contributed by atoms with van der Waals surface area (Å²) in [5, 5.41) is 14.4. The van der Waals surface area contributed by atoms with Gasteiger partial charge in [0.05, 0.1) is 5.57 Å². The van der Waals surface area contributed by atoms with Crippen LogP contribution in [0.5, 0.6) is 17.2 Å². The fourth-order valence-corrected chi connectivity index (χ4v) is 3.58. The molecule has 6 heteroatoms. The van der Waals surface area contributed by atoms with Gasteiger partial charge < -0.3 is 24.9 Å². The predicted molar refractivity (Wildman–Crippen MR) is 97.1 cm³/mol. The standard InChI is InChI=1S/C20H16N2O4/c23-15-3-2-14-18-12(9-22-14)5-6-21-20(24)13(19(15)18)7-11-1-4-16-17(8-11)26-10-25-16/h1-4,7-9,22-23H,5-6,10H2,(H,21,24)/b13-7-. The largest absolute Gasteiger partial charge is 0.507 e. The number of phenols is 1. The minimum atomic E-state index is -0.211. The van der Waals surface area contributed by atoms with E-state index in [0.717, 1.165) is 22.0 Å². The van der Waals surface area contributed by atoms with Gasteiger partial charge in [-0.3, -0.25) is 4.79 Å². The predicted octanol–water partition coefficient (Wildman–Crippen LogP) is 2.82. The second-order valence-corrected chi connectivity index (χ2v) is 6.37. The van der Waals surface area contributed by atoms with Crippen molar-refractivity contribution in [3.05, 3.63) is 53.2 Å². The van der Waals surface area contributed by atoms with Crippen molar-refractivity contribution in [2.75, 3.05) is 13.3 Å². The Hall–Kier alpha value is -3.41. The fraction of sp³-hybridized carbons (Fsp3) is 0.150. The number of hydrogen-bond acceptors (Lipinski definition) is 4. The summed E-state index contributed by atoms with van der Waals surface area (Å²) < 4.78 is 10.8. The molecule has 0 aliphatic carbocycles. The van der Waals surface area contributed by atoms with Gasteiger partial charge in [-0.1, -0.05) is 6.07 Å². The molecule has 5 rings (SSSR count). The van der Waals surface area contributed by atoms with Crippen LogP contribution in [0.15, 0.2) is 36.5 Å². The number of ether oxygens (including phenoxy) is 2. The molecule has 0 unspecified atom stereocenters. The molecule has 0 atom stereocenters. The quantitative estimate of drug-likeness (QED) is 0.591. The van der Waals surface area contributed by atoms with E-state index in [-0.39, 0.29) is 18.4 Å². The van der Waals surface area contributed by atoms with Gasteiger partial charge in [-0.05, 0) is 47.9 Å². The Morgan fingerprint density at radius 2 is 2.00 bits per heavy atom. The summed E-state index contributed by atoms with van der Waals surface area (Å²) in [6.07, 6.45) is 4.41. The van der Waals surface area contributed by atoms with E-state index >= 15 is 0 Å². The number of amides is 1. The Morgan fingerprint density at radius 3 is 2.92 bits per heavy atom. The first kappa shape index (κ1) is 14.9. The molecule has 1 aromatic heterocycles. The van der Waals surface area contributed by atoms with Gasteiger partial charge in [0, 0.05) is 29.2 Å². The molecule has 2 aromatic carbocycles. The van der Waals surface area contributed by atoms with Crippen LogP contribution >= 0.6 is 0 Å². The average molecular weight is 348 g/mol. The lowest BCUT2D eigenvalue weighted by Crippen LogP contribution is -2.28. The van der Waals surface area contributed by atoms with Crippen LogP contribution in [0.2, 0.25) is 0 Å². The van der Waals surface area contributed by atoms with Gasteiger partial charge in [0.15, 0.2) is 11.5 Å². The topological polar surface area (TPSA) is 83.6 Å². The molecule has 26 heavy (non-hydrogen) atoms. The Labute approximate surface area is 149 Å². The molecule has 1 amide bonds. The number of fused-ring (bicyclic) bond motifs is 1. The average Bonchev–Trinajstić information content (AvgIpc) is 3.25. The second-order valence-electron chi connectivity index (χ2n) is 6.37. The van der Waals surface area contributed by atoms with Gasteiger partial charge >= 0.3 is 0 Å². The van der Waals surface area contributed by atoms with Crippen molar-refractivity contribution in [3.63, 3.8) is 0 Å². The van der Waals surface area contributed by atoms with E-state index < -0.39 is 0 Å². The van der Waals surface area contributed by atoms with Gasteiger partial charge in [-0.15, -0.1) is 0 Å². The zero-order valence-electron chi connectivity index (χ0n) is 13.8. The minimum absolute atomic E-state index is 0.0855. The van der Waals surface area contributed by atoms with E-state index in [1.54, 1.807) is 12.1 Å². The van der Waals surface area contributed by atoms with Gasteiger partial charge in [0.1, 0.15) is 5.75 Å². The van der Waals surface area contributed by atoms with Crippen molar-refractivity contribution in [2.45, 2.75) is 6.42 Å². The molecule has 0 bridgehead atoms. The molecule has 2 aliphatic rings. The summed E-state index contributed by atoms with van der Waals surface area (Å²) in [6, 6.07) is 8.95. The minimum Gasteiger partial charge on any atom is -0.507 e. The highest BCUT2D eigenvalue weighted by Crippen LogP contribution is 2.38. The van der Waals surface area contributed by atoms with E-state index in [1.165, 1.54) is 0 Å². The number of aromatic amines is 1. The van der Waals surface area contributed by atoms with Gasteiger partial charge in [0.25, 0.3) is 5.91 Å². The number of phenolic OH excluding ortho intramolecular Hbond substituents is 1. The van der Waals surface area contributed by atoms with Gasteiger partial charge in [0.2, 0.25) is 6.79 Å². The number of benzene rings is 2. The number of H-pyrrole nitrogens is 1. The molecule has 0 saturated heterocycles. The molecular formula is C20H16N2O4. The summed E-state index contributed by atoms with van der Waals surface area (Å²) in [7, 11) is 0. The molecule has 6 nitrogen and oxygen atoms in total. The van der Waals surface area contributed by atoms with Crippen molar-refractivity contribution in [2.24, 2.45) is 0 Å². The maximum atomic E-state index is 12.8. The summed E-state index contributed by atoms with van der Waals surface area (Å²) >= 11 is 0. The molecule has 130 valence electrons. The third-order valence-corrected chi connectivity index (χ3v) is 4.81. The molecule has 3 aromatic rings. The zero-order valence-corrected chi connectivity index (χ0v) is 13.8. The highest BCUT2D eigenvalue weighted by molar-refractivity contribution is 6.28. The second kappa shape index (κ2) is 5.56. The van der Waals surface area contributed by atoms with Crippen LogP contribution in [-0.2, 0) is 11.2 Å². The van der Waals surface area contributed by atoms with Crippen molar-refractivity contribution in [3.8, 4) is 17.2 Å². The van der Waals surface area contributed by atoms with Crippen molar-refractivity contribution < 1.29 is 19.4 Å². The van der Waals surface area contributed by atoms with Crippen LogP contribution in [-0.4, -0.2) is 29.3 Å². The van der Waals surface area contributed by atoms with Gasteiger partial charge in [-0.25, -0.2) is 0 Å². The monoisotopic (exact) mass is 348 g/mol. The zero-order chi connectivity index (χ0) is 17.7.